The second-order valence-corrected chi connectivity index (χ2v) is 5.56. The van der Waals surface area contributed by atoms with Crippen LogP contribution in [0.15, 0.2) is 24.3 Å². The Labute approximate surface area is 119 Å². The normalized spacial score (nSPS) is 18.1. The van der Waals surface area contributed by atoms with Crippen LogP contribution >= 0.6 is 0 Å². The van der Waals surface area contributed by atoms with E-state index in [4.69, 9.17) is 5.73 Å². The highest BCUT2D eigenvalue weighted by molar-refractivity contribution is 5.34. The summed E-state index contributed by atoms with van der Waals surface area (Å²) >= 11 is 0. The van der Waals surface area contributed by atoms with Gasteiger partial charge in [-0.3, -0.25) is 15.0 Å². The molecule has 1 aromatic carbocycles. The molecule has 2 N–H and O–H groups in total. The summed E-state index contributed by atoms with van der Waals surface area (Å²) in [6.07, 6.45) is 6.34. The van der Waals surface area contributed by atoms with Crippen LogP contribution in [0.5, 0.6) is 0 Å². The number of non-ortho nitro benzene ring substituents is 1. The molecular weight excluding hydrogens is 254 g/mol. The first-order valence-electron chi connectivity index (χ1n) is 7.30. The molecule has 1 aromatic rings. The SMILES string of the molecule is CN(C1CCCCC1)C(CN)c1ccc([N+](=O)[O-])cc1. The van der Waals surface area contributed by atoms with Crippen molar-refractivity contribution in [2.75, 3.05) is 13.6 Å². The second-order valence-electron chi connectivity index (χ2n) is 5.56. The summed E-state index contributed by atoms with van der Waals surface area (Å²) in [5.74, 6) is 0. The van der Waals surface area contributed by atoms with Crippen molar-refractivity contribution in [3.8, 4) is 0 Å². The molecule has 0 radical (unpaired) electrons. The molecule has 1 aliphatic rings. The zero-order valence-electron chi connectivity index (χ0n) is 12.0. The van der Waals surface area contributed by atoms with Crippen LogP contribution < -0.4 is 5.73 Å². The number of likely N-dealkylation sites (N-methyl/N-ethyl adjacent to an activating group) is 1. The number of nitro benzene ring substituents is 1. The Balaban J connectivity index is 2.11. The summed E-state index contributed by atoms with van der Waals surface area (Å²) in [6, 6.07) is 7.50. The minimum atomic E-state index is -0.369. The number of nitro groups is 1. The number of nitrogens with zero attached hydrogens (tertiary/aromatic N) is 2. The Hall–Kier alpha value is -1.46. The minimum absolute atomic E-state index is 0.129. The van der Waals surface area contributed by atoms with Crippen molar-refractivity contribution in [1.29, 1.82) is 0 Å². The lowest BCUT2D eigenvalue weighted by atomic mass is 9.92. The molecule has 0 bridgehead atoms. The van der Waals surface area contributed by atoms with Gasteiger partial charge < -0.3 is 5.73 Å². The van der Waals surface area contributed by atoms with E-state index >= 15 is 0 Å². The monoisotopic (exact) mass is 277 g/mol. The van der Waals surface area contributed by atoms with Gasteiger partial charge >= 0.3 is 0 Å². The van der Waals surface area contributed by atoms with Crippen LogP contribution in [0.3, 0.4) is 0 Å². The van der Waals surface area contributed by atoms with Crippen LogP contribution in [-0.4, -0.2) is 29.5 Å². The largest absolute Gasteiger partial charge is 0.329 e. The topological polar surface area (TPSA) is 72.4 Å². The highest BCUT2D eigenvalue weighted by Gasteiger charge is 2.25. The molecule has 0 aromatic heterocycles. The smallest absolute Gasteiger partial charge is 0.269 e. The van der Waals surface area contributed by atoms with Gasteiger partial charge in [-0.15, -0.1) is 0 Å². The Morgan fingerprint density at radius 1 is 1.30 bits per heavy atom. The van der Waals surface area contributed by atoms with E-state index in [0.717, 1.165) is 5.56 Å². The van der Waals surface area contributed by atoms with Crippen LogP contribution in [0.25, 0.3) is 0 Å². The molecule has 110 valence electrons. The van der Waals surface area contributed by atoms with E-state index in [-0.39, 0.29) is 16.7 Å². The van der Waals surface area contributed by atoms with Crippen LogP contribution in [0, 0.1) is 10.1 Å². The fourth-order valence-corrected chi connectivity index (χ4v) is 3.10. The number of hydrogen-bond acceptors (Lipinski definition) is 4. The lowest BCUT2D eigenvalue weighted by Crippen LogP contribution is -2.39. The third-order valence-electron chi connectivity index (χ3n) is 4.35. The van der Waals surface area contributed by atoms with Gasteiger partial charge in [-0.1, -0.05) is 31.4 Å². The van der Waals surface area contributed by atoms with Gasteiger partial charge in [0.2, 0.25) is 0 Å². The molecule has 1 unspecified atom stereocenters. The summed E-state index contributed by atoms with van der Waals surface area (Å²) in [4.78, 5) is 12.7. The van der Waals surface area contributed by atoms with Gasteiger partial charge in [-0.05, 0) is 25.5 Å². The van der Waals surface area contributed by atoms with Gasteiger partial charge in [0.05, 0.1) is 4.92 Å². The van der Waals surface area contributed by atoms with E-state index in [1.54, 1.807) is 12.1 Å². The number of rotatable bonds is 5. The van der Waals surface area contributed by atoms with E-state index < -0.39 is 0 Å². The van der Waals surface area contributed by atoms with E-state index in [1.165, 1.54) is 32.1 Å². The molecule has 0 amide bonds. The summed E-state index contributed by atoms with van der Waals surface area (Å²) in [6.45, 7) is 0.533. The summed E-state index contributed by atoms with van der Waals surface area (Å²) < 4.78 is 0. The van der Waals surface area contributed by atoms with Crippen molar-refractivity contribution in [2.45, 2.75) is 44.2 Å². The zero-order valence-corrected chi connectivity index (χ0v) is 12.0. The fourth-order valence-electron chi connectivity index (χ4n) is 3.10. The first-order valence-corrected chi connectivity index (χ1v) is 7.30. The molecule has 5 heteroatoms. The van der Waals surface area contributed by atoms with E-state index in [2.05, 4.69) is 11.9 Å². The summed E-state index contributed by atoms with van der Waals surface area (Å²) in [5, 5.41) is 10.7. The van der Waals surface area contributed by atoms with Crippen LogP contribution in [0.4, 0.5) is 5.69 Å². The van der Waals surface area contributed by atoms with Gasteiger partial charge in [0.25, 0.3) is 5.69 Å². The van der Waals surface area contributed by atoms with Gasteiger partial charge in [0.15, 0.2) is 0 Å². The molecule has 5 nitrogen and oxygen atoms in total. The standard InChI is InChI=1S/C15H23N3O2/c1-17(13-5-3-2-4-6-13)15(11-16)12-7-9-14(10-8-12)18(19)20/h7-10,13,15H,2-6,11,16H2,1H3. The van der Waals surface area contributed by atoms with E-state index in [0.29, 0.717) is 12.6 Å². The Morgan fingerprint density at radius 3 is 2.40 bits per heavy atom. The lowest BCUT2D eigenvalue weighted by molar-refractivity contribution is -0.384. The first-order chi connectivity index (χ1) is 9.63. The molecule has 1 fully saturated rings. The first kappa shape index (κ1) is 14.9. The number of hydrogen-bond donors (Lipinski definition) is 1. The molecule has 2 rings (SSSR count). The Bertz CT molecular complexity index is 441. The maximum Gasteiger partial charge on any atom is 0.269 e. The Morgan fingerprint density at radius 2 is 1.90 bits per heavy atom. The van der Waals surface area contributed by atoms with E-state index in [1.807, 2.05) is 12.1 Å². The quantitative estimate of drug-likeness (QED) is 0.663. The molecule has 1 saturated carbocycles. The molecule has 0 heterocycles. The van der Waals surface area contributed by atoms with Crippen molar-refractivity contribution in [3.05, 3.63) is 39.9 Å². The van der Waals surface area contributed by atoms with Gasteiger partial charge in [-0.2, -0.15) is 0 Å². The number of benzene rings is 1. The number of nitrogens with two attached hydrogens (primary N) is 1. The molecule has 0 aliphatic heterocycles. The van der Waals surface area contributed by atoms with Crippen molar-refractivity contribution < 1.29 is 4.92 Å². The lowest BCUT2D eigenvalue weighted by Gasteiger charge is -2.37. The van der Waals surface area contributed by atoms with Crippen LogP contribution in [0.1, 0.15) is 43.7 Å². The van der Waals surface area contributed by atoms with Gasteiger partial charge in [0.1, 0.15) is 0 Å². The van der Waals surface area contributed by atoms with E-state index in [9.17, 15) is 10.1 Å². The third-order valence-corrected chi connectivity index (χ3v) is 4.35. The van der Waals surface area contributed by atoms with Crippen molar-refractivity contribution in [2.24, 2.45) is 5.73 Å². The molecule has 20 heavy (non-hydrogen) atoms. The van der Waals surface area contributed by atoms with Crippen LogP contribution in [0.2, 0.25) is 0 Å². The maximum atomic E-state index is 10.7. The van der Waals surface area contributed by atoms with Gasteiger partial charge in [-0.25, -0.2) is 0 Å². The predicted octanol–water partition coefficient (Wildman–Crippen LogP) is 2.86. The second kappa shape index (κ2) is 6.81. The molecule has 0 spiro atoms. The van der Waals surface area contributed by atoms with Crippen LogP contribution in [-0.2, 0) is 0 Å². The average molecular weight is 277 g/mol. The van der Waals surface area contributed by atoms with Gasteiger partial charge in [0, 0.05) is 30.8 Å². The molecule has 1 atom stereocenters. The Kier molecular flexibility index (Phi) is 5.09. The van der Waals surface area contributed by atoms with Crippen molar-refractivity contribution >= 4 is 5.69 Å². The summed E-state index contributed by atoms with van der Waals surface area (Å²) in [7, 11) is 2.12. The van der Waals surface area contributed by atoms with Crippen molar-refractivity contribution in [3.63, 3.8) is 0 Å². The maximum absolute atomic E-state index is 10.7. The summed E-state index contributed by atoms with van der Waals surface area (Å²) in [5.41, 5.74) is 7.13. The average Bonchev–Trinajstić information content (AvgIpc) is 2.49. The predicted molar refractivity (Wildman–Crippen MR) is 79.5 cm³/mol. The highest BCUT2D eigenvalue weighted by atomic mass is 16.6. The minimum Gasteiger partial charge on any atom is -0.329 e. The fraction of sp³-hybridized carbons (Fsp3) is 0.600. The highest BCUT2D eigenvalue weighted by Crippen LogP contribution is 2.29. The molecular formula is C15H23N3O2. The molecule has 0 saturated heterocycles. The zero-order chi connectivity index (χ0) is 14.5. The molecule has 1 aliphatic carbocycles. The van der Waals surface area contributed by atoms with Crippen molar-refractivity contribution in [1.82, 2.24) is 4.90 Å². The third kappa shape index (κ3) is 3.35.